The summed E-state index contributed by atoms with van der Waals surface area (Å²) >= 11 is 5.41. The summed E-state index contributed by atoms with van der Waals surface area (Å²) in [4.78, 5) is 23.8. The Morgan fingerprint density at radius 2 is 1.69 bits per heavy atom. The van der Waals surface area contributed by atoms with Crippen molar-refractivity contribution >= 4 is 40.3 Å². The first-order valence-electron chi connectivity index (χ1n) is 9.70. The van der Waals surface area contributed by atoms with Crippen molar-refractivity contribution in [3.8, 4) is 5.75 Å². The maximum absolute atomic E-state index is 13.1. The molecule has 1 atom stereocenters. The number of hydrogen-bond donors (Lipinski definition) is 3. The number of amides is 1. The average Bonchev–Trinajstić information content (AvgIpc) is 2.79. The van der Waals surface area contributed by atoms with Crippen LogP contribution in [0.5, 0.6) is 5.75 Å². The molecule has 0 spiro atoms. The van der Waals surface area contributed by atoms with Gasteiger partial charge in [0.25, 0.3) is 11.6 Å². The van der Waals surface area contributed by atoms with Crippen molar-refractivity contribution in [2.24, 2.45) is 0 Å². The highest BCUT2D eigenvalue weighted by Gasteiger charge is 2.23. The van der Waals surface area contributed by atoms with Crippen LogP contribution in [0.3, 0.4) is 0 Å². The summed E-state index contributed by atoms with van der Waals surface area (Å²) in [5.41, 5.74) is 2.52. The number of hydrogen-bond acceptors (Lipinski definition) is 5. The molecule has 0 aromatic heterocycles. The highest BCUT2D eigenvalue weighted by atomic mass is 32.1. The minimum atomic E-state index is -0.805. The van der Waals surface area contributed by atoms with Crippen molar-refractivity contribution in [1.29, 1.82) is 0 Å². The first-order chi connectivity index (χ1) is 15.4. The van der Waals surface area contributed by atoms with Crippen LogP contribution in [0.4, 0.5) is 17.1 Å². The van der Waals surface area contributed by atoms with E-state index >= 15 is 0 Å². The Bertz CT molecular complexity index is 1140. The van der Waals surface area contributed by atoms with Gasteiger partial charge in [0.05, 0.1) is 17.7 Å². The number of methoxy groups -OCH3 is 1. The number of carbonyl (C=O) groups excluding carboxylic acids is 1. The Hall–Kier alpha value is -3.98. The Kier molecular flexibility index (Phi) is 7.35. The zero-order chi connectivity index (χ0) is 23.1. The molecule has 32 heavy (non-hydrogen) atoms. The molecule has 0 heterocycles. The van der Waals surface area contributed by atoms with E-state index in [0.29, 0.717) is 22.7 Å². The second kappa shape index (κ2) is 10.4. The molecule has 8 nitrogen and oxygen atoms in total. The van der Waals surface area contributed by atoms with E-state index in [1.165, 1.54) is 25.3 Å². The van der Waals surface area contributed by atoms with Gasteiger partial charge in [-0.2, -0.15) is 0 Å². The lowest BCUT2D eigenvalue weighted by atomic mass is 10.1. The number of nitro benzene ring substituents is 1. The van der Waals surface area contributed by atoms with E-state index in [1.54, 1.807) is 0 Å². The van der Waals surface area contributed by atoms with Gasteiger partial charge in [0.15, 0.2) is 5.11 Å². The topological polar surface area (TPSA) is 106 Å². The van der Waals surface area contributed by atoms with Crippen LogP contribution in [-0.2, 0) is 4.79 Å². The lowest BCUT2D eigenvalue weighted by molar-refractivity contribution is -0.384. The molecule has 0 bridgehead atoms. The summed E-state index contributed by atoms with van der Waals surface area (Å²) in [6.07, 6.45) is 0. The molecule has 0 aliphatic rings. The number of rotatable bonds is 7. The molecule has 3 N–H and O–H groups in total. The molecule has 9 heteroatoms. The van der Waals surface area contributed by atoms with E-state index in [1.807, 2.05) is 61.5 Å². The number of anilines is 2. The minimum Gasteiger partial charge on any atom is -0.495 e. The van der Waals surface area contributed by atoms with Gasteiger partial charge in [0, 0.05) is 17.8 Å². The van der Waals surface area contributed by atoms with Crippen molar-refractivity contribution in [2.45, 2.75) is 13.0 Å². The van der Waals surface area contributed by atoms with Crippen LogP contribution in [0.15, 0.2) is 72.8 Å². The van der Waals surface area contributed by atoms with Crippen LogP contribution in [0.1, 0.15) is 17.2 Å². The van der Waals surface area contributed by atoms with Crippen molar-refractivity contribution in [3.05, 3.63) is 94.0 Å². The SMILES string of the molecule is COc1ccc([N+](=O)[O-])cc1NC(=S)NC(C(=O)Nc1ccccc1C)c1ccccc1. The number of nitro groups is 1. The molecule has 0 saturated heterocycles. The standard InChI is InChI=1S/C23H22N4O4S/c1-15-8-6-7-11-18(15)24-22(28)21(16-9-4-3-5-10-16)26-23(32)25-19-14-17(27(29)30)12-13-20(19)31-2/h3-14,21H,1-2H3,(H,24,28)(H2,25,26,32). The second-order valence-corrected chi connectivity index (χ2v) is 7.30. The van der Waals surface area contributed by atoms with Crippen LogP contribution in [-0.4, -0.2) is 23.1 Å². The number of para-hydroxylation sites is 1. The fourth-order valence-electron chi connectivity index (χ4n) is 3.06. The molecule has 164 valence electrons. The van der Waals surface area contributed by atoms with Crippen LogP contribution in [0, 0.1) is 17.0 Å². The van der Waals surface area contributed by atoms with E-state index in [0.717, 1.165) is 5.56 Å². The highest BCUT2D eigenvalue weighted by molar-refractivity contribution is 7.80. The van der Waals surface area contributed by atoms with Gasteiger partial charge >= 0.3 is 0 Å². The van der Waals surface area contributed by atoms with Crippen molar-refractivity contribution < 1.29 is 14.5 Å². The van der Waals surface area contributed by atoms with Gasteiger partial charge in [-0.25, -0.2) is 0 Å². The number of non-ortho nitro benzene ring substituents is 1. The fraction of sp³-hybridized carbons (Fsp3) is 0.130. The Morgan fingerprint density at radius 3 is 2.34 bits per heavy atom. The Morgan fingerprint density at radius 1 is 1.00 bits per heavy atom. The number of benzene rings is 3. The third-order valence-corrected chi connectivity index (χ3v) is 4.94. The van der Waals surface area contributed by atoms with E-state index in [-0.39, 0.29) is 16.7 Å². The van der Waals surface area contributed by atoms with Crippen molar-refractivity contribution in [1.82, 2.24) is 5.32 Å². The average molecular weight is 451 g/mol. The third-order valence-electron chi connectivity index (χ3n) is 4.72. The first kappa shape index (κ1) is 22.7. The molecule has 0 aliphatic heterocycles. The largest absolute Gasteiger partial charge is 0.495 e. The van der Waals surface area contributed by atoms with Gasteiger partial charge < -0.3 is 20.7 Å². The molecule has 0 fully saturated rings. The number of nitrogens with zero attached hydrogens (tertiary/aromatic N) is 1. The third kappa shape index (κ3) is 5.58. The quantitative estimate of drug-likeness (QED) is 0.275. The number of ether oxygens (including phenoxy) is 1. The van der Waals surface area contributed by atoms with E-state index < -0.39 is 11.0 Å². The predicted octanol–water partition coefficient (Wildman–Crippen LogP) is 4.58. The van der Waals surface area contributed by atoms with Crippen LogP contribution in [0.2, 0.25) is 0 Å². The Balaban J connectivity index is 1.83. The van der Waals surface area contributed by atoms with Gasteiger partial charge in [-0.3, -0.25) is 14.9 Å². The molecule has 3 rings (SSSR count). The highest BCUT2D eigenvalue weighted by Crippen LogP contribution is 2.29. The predicted molar refractivity (Wildman–Crippen MR) is 128 cm³/mol. The minimum absolute atomic E-state index is 0.109. The zero-order valence-electron chi connectivity index (χ0n) is 17.5. The van der Waals surface area contributed by atoms with Gasteiger partial charge in [0.2, 0.25) is 0 Å². The molecule has 0 aliphatic carbocycles. The maximum atomic E-state index is 13.1. The summed E-state index contributed by atoms with van der Waals surface area (Å²) in [6.45, 7) is 1.90. The lowest BCUT2D eigenvalue weighted by Crippen LogP contribution is -2.39. The zero-order valence-corrected chi connectivity index (χ0v) is 18.3. The number of carbonyl (C=O) groups is 1. The lowest BCUT2D eigenvalue weighted by Gasteiger charge is -2.22. The molecule has 0 radical (unpaired) electrons. The Labute approximate surface area is 190 Å². The monoisotopic (exact) mass is 450 g/mol. The number of thiocarbonyl (C=S) groups is 1. The van der Waals surface area contributed by atoms with Crippen molar-refractivity contribution in [3.63, 3.8) is 0 Å². The molecule has 0 saturated carbocycles. The fourth-order valence-corrected chi connectivity index (χ4v) is 3.29. The van der Waals surface area contributed by atoms with Crippen LogP contribution in [0.25, 0.3) is 0 Å². The van der Waals surface area contributed by atoms with Gasteiger partial charge in [-0.05, 0) is 42.4 Å². The van der Waals surface area contributed by atoms with Crippen molar-refractivity contribution in [2.75, 3.05) is 17.7 Å². The smallest absolute Gasteiger partial charge is 0.271 e. The van der Waals surface area contributed by atoms with Gasteiger partial charge in [0.1, 0.15) is 11.8 Å². The molecular weight excluding hydrogens is 428 g/mol. The molecule has 1 amide bonds. The summed E-state index contributed by atoms with van der Waals surface area (Å²) in [5, 5.41) is 20.1. The van der Waals surface area contributed by atoms with Gasteiger partial charge in [-0.1, -0.05) is 48.5 Å². The first-order valence-corrected chi connectivity index (χ1v) is 10.1. The summed E-state index contributed by atoms with van der Waals surface area (Å²) in [5.74, 6) is 0.0704. The summed E-state index contributed by atoms with van der Waals surface area (Å²) in [7, 11) is 1.45. The second-order valence-electron chi connectivity index (χ2n) is 6.89. The maximum Gasteiger partial charge on any atom is 0.271 e. The van der Waals surface area contributed by atoms with E-state index in [2.05, 4.69) is 16.0 Å². The normalized spacial score (nSPS) is 11.2. The van der Waals surface area contributed by atoms with Crippen LogP contribution < -0.4 is 20.7 Å². The number of aryl methyl sites for hydroxylation is 1. The summed E-state index contributed by atoms with van der Waals surface area (Å²) < 4.78 is 5.26. The van der Waals surface area contributed by atoms with Crippen LogP contribution >= 0.6 is 12.2 Å². The molecule has 1 unspecified atom stereocenters. The number of nitrogens with one attached hydrogen (secondary N) is 3. The van der Waals surface area contributed by atoms with E-state index in [9.17, 15) is 14.9 Å². The molecule has 3 aromatic rings. The molecular formula is C23H22N4O4S. The molecule has 3 aromatic carbocycles. The van der Waals surface area contributed by atoms with E-state index in [4.69, 9.17) is 17.0 Å². The van der Waals surface area contributed by atoms with Gasteiger partial charge in [-0.15, -0.1) is 0 Å². The summed E-state index contributed by atoms with van der Waals surface area (Å²) in [6, 6.07) is 19.9.